The molecule has 1 unspecified atom stereocenters. The van der Waals surface area contributed by atoms with Crippen LogP contribution in [0, 0.1) is 0 Å². The molecule has 2 N–H and O–H groups in total. The van der Waals surface area contributed by atoms with Crippen LogP contribution in [0.15, 0.2) is 12.2 Å². The molecule has 0 bridgehead atoms. The van der Waals surface area contributed by atoms with Crippen molar-refractivity contribution in [2.24, 2.45) is 0 Å². The van der Waals surface area contributed by atoms with E-state index in [1.807, 2.05) is 13.8 Å². The molecular formula is C11H20N2O3. The summed E-state index contributed by atoms with van der Waals surface area (Å²) < 4.78 is 0. The zero-order valence-electron chi connectivity index (χ0n) is 10.1. The van der Waals surface area contributed by atoms with Crippen molar-refractivity contribution >= 4 is 12.0 Å². The van der Waals surface area contributed by atoms with Gasteiger partial charge in [0.05, 0.1) is 6.42 Å². The summed E-state index contributed by atoms with van der Waals surface area (Å²) in [7, 11) is 1.65. The molecule has 1 atom stereocenters. The average Bonchev–Trinajstić information content (AvgIpc) is 2.14. The zero-order chi connectivity index (χ0) is 12.7. The monoisotopic (exact) mass is 228 g/mol. The lowest BCUT2D eigenvalue weighted by atomic mass is 10.1. The van der Waals surface area contributed by atoms with Crippen LogP contribution in [0.2, 0.25) is 0 Å². The molecule has 92 valence electrons. The molecule has 0 aliphatic carbocycles. The van der Waals surface area contributed by atoms with Gasteiger partial charge < -0.3 is 15.3 Å². The third kappa shape index (κ3) is 6.06. The van der Waals surface area contributed by atoms with Gasteiger partial charge in [-0.05, 0) is 13.3 Å². The number of carboxylic acid groups (broad SMARTS) is 1. The molecule has 0 aromatic heterocycles. The fourth-order valence-electron chi connectivity index (χ4n) is 1.27. The number of carbonyl (C=O) groups excluding carboxylic acids is 1. The van der Waals surface area contributed by atoms with Crippen LogP contribution in [0.1, 0.15) is 26.7 Å². The van der Waals surface area contributed by atoms with E-state index in [4.69, 9.17) is 5.11 Å². The molecule has 0 spiro atoms. The molecule has 16 heavy (non-hydrogen) atoms. The van der Waals surface area contributed by atoms with E-state index >= 15 is 0 Å². The number of hydrogen-bond donors (Lipinski definition) is 2. The second kappa shape index (κ2) is 6.87. The van der Waals surface area contributed by atoms with Crippen LogP contribution in [0.3, 0.4) is 0 Å². The highest BCUT2D eigenvalue weighted by Gasteiger charge is 2.16. The van der Waals surface area contributed by atoms with Gasteiger partial charge in [-0.25, -0.2) is 4.79 Å². The number of rotatable bonds is 6. The van der Waals surface area contributed by atoms with Crippen molar-refractivity contribution in [3.63, 3.8) is 0 Å². The van der Waals surface area contributed by atoms with Gasteiger partial charge in [-0.2, -0.15) is 0 Å². The maximum atomic E-state index is 11.6. The Morgan fingerprint density at radius 2 is 2.06 bits per heavy atom. The molecule has 5 heteroatoms. The largest absolute Gasteiger partial charge is 0.481 e. The predicted octanol–water partition coefficient (Wildman–Crippen LogP) is 1.46. The van der Waals surface area contributed by atoms with Gasteiger partial charge in [-0.15, -0.1) is 0 Å². The van der Waals surface area contributed by atoms with Crippen molar-refractivity contribution in [2.75, 3.05) is 13.6 Å². The number of likely N-dealkylation sites (N-methyl/N-ethyl adjacent to an activating group) is 1. The quantitative estimate of drug-likeness (QED) is 0.676. The van der Waals surface area contributed by atoms with Crippen LogP contribution in [0.4, 0.5) is 4.79 Å². The molecule has 0 aliphatic heterocycles. The number of urea groups is 1. The fourth-order valence-corrected chi connectivity index (χ4v) is 1.27. The minimum absolute atomic E-state index is 0.0524. The van der Waals surface area contributed by atoms with E-state index in [-0.39, 0.29) is 18.5 Å². The van der Waals surface area contributed by atoms with E-state index < -0.39 is 5.97 Å². The predicted molar refractivity (Wildman–Crippen MR) is 62.3 cm³/mol. The van der Waals surface area contributed by atoms with Crippen LogP contribution in [0.25, 0.3) is 0 Å². The summed E-state index contributed by atoms with van der Waals surface area (Å²) in [5, 5.41) is 11.3. The minimum atomic E-state index is -0.908. The summed E-state index contributed by atoms with van der Waals surface area (Å²) in [6.07, 6.45) is 0.544. The van der Waals surface area contributed by atoms with Crippen molar-refractivity contribution in [1.82, 2.24) is 10.2 Å². The molecule has 2 amide bonds. The maximum absolute atomic E-state index is 11.6. The van der Waals surface area contributed by atoms with Crippen LogP contribution in [-0.4, -0.2) is 41.6 Å². The van der Waals surface area contributed by atoms with Gasteiger partial charge >= 0.3 is 12.0 Å². The average molecular weight is 228 g/mol. The van der Waals surface area contributed by atoms with Crippen molar-refractivity contribution in [2.45, 2.75) is 32.7 Å². The Morgan fingerprint density at radius 3 is 2.44 bits per heavy atom. The summed E-state index contributed by atoms with van der Waals surface area (Å²) in [6.45, 7) is 7.85. The van der Waals surface area contributed by atoms with Crippen LogP contribution >= 0.6 is 0 Å². The van der Waals surface area contributed by atoms with Gasteiger partial charge in [0, 0.05) is 19.6 Å². The number of carboxylic acids is 1. The second-order valence-corrected chi connectivity index (χ2v) is 3.97. The Balaban J connectivity index is 4.18. The van der Waals surface area contributed by atoms with Gasteiger partial charge in [0.15, 0.2) is 0 Å². The first kappa shape index (κ1) is 14.5. The number of amides is 2. The fraction of sp³-hybridized carbons (Fsp3) is 0.636. The van der Waals surface area contributed by atoms with Gasteiger partial charge in [0.25, 0.3) is 0 Å². The molecular weight excluding hydrogens is 208 g/mol. The smallest absolute Gasteiger partial charge is 0.317 e. The molecule has 0 aromatic rings. The van der Waals surface area contributed by atoms with Gasteiger partial charge in [0.2, 0.25) is 0 Å². The minimum Gasteiger partial charge on any atom is -0.481 e. The Bertz CT molecular complexity index is 276. The highest BCUT2D eigenvalue weighted by atomic mass is 16.4. The summed E-state index contributed by atoms with van der Waals surface area (Å²) >= 11 is 0. The molecule has 5 nitrogen and oxygen atoms in total. The summed E-state index contributed by atoms with van der Waals surface area (Å²) in [4.78, 5) is 23.6. The maximum Gasteiger partial charge on any atom is 0.317 e. The lowest BCUT2D eigenvalue weighted by molar-refractivity contribution is -0.137. The molecule has 0 rings (SSSR count). The highest BCUT2D eigenvalue weighted by molar-refractivity contribution is 5.75. The van der Waals surface area contributed by atoms with E-state index in [1.165, 1.54) is 4.90 Å². The first-order valence-electron chi connectivity index (χ1n) is 5.24. The molecule has 0 fully saturated rings. The Hall–Kier alpha value is -1.52. The number of nitrogens with zero attached hydrogens (tertiary/aromatic N) is 1. The summed E-state index contributed by atoms with van der Waals surface area (Å²) in [6, 6.07) is -0.589. The van der Waals surface area contributed by atoms with Gasteiger partial charge in [-0.3, -0.25) is 4.79 Å². The Kier molecular flexibility index (Phi) is 6.22. The van der Waals surface area contributed by atoms with Crippen LogP contribution in [-0.2, 0) is 4.79 Å². The Labute approximate surface area is 96.1 Å². The molecule has 0 aliphatic rings. The zero-order valence-corrected chi connectivity index (χ0v) is 10.1. The third-order valence-electron chi connectivity index (χ3n) is 2.10. The standard InChI is InChI=1S/C11H20N2O3/c1-5-9(6-10(14)15)12-11(16)13(4)7-8(2)3/h9H,2,5-7H2,1,3-4H3,(H,12,16)(H,14,15). The number of hydrogen-bond acceptors (Lipinski definition) is 2. The van der Waals surface area contributed by atoms with Crippen molar-refractivity contribution in [3.05, 3.63) is 12.2 Å². The molecule has 0 saturated carbocycles. The van der Waals surface area contributed by atoms with Crippen LogP contribution < -0.4 is 5.32 Å². The third-order valence-corrected chi connectivity index (χ3v) is 2.10. The first-order valence-corrected chi connectivity index (χ1v) is 5.24. The number of carbonyl (C=O) groups is 2. The van der Waals surface area contributed by atoms with E-state index in [0.29, 0.717) is 13.0 Å². The van der Waals surface area contributed by atoms with Crippen molar-refractivity contribution < 1.29 is 14.7 Å². The summed E-state index contributed by atoms with van der Waals surface area (Å²) in [5.41, 5.74) is 0.879. The van der Waals surface area contributed by atoms with Crippen molar-refractivity contribution in [3.8, 4) is 0 Å². The topological polar surface area (TPSA) is 69.6 Å². The van der Waals surface area contributed by atoms with E-state index in [1.54, 1.807) is 7.05 Å². The molecule has 0 heterocycles. The molecule has 0 radical (unpaired) electrons. The van der Waals surface area contributed by atoms with Gasteiger partial charge in [0.1, 0.15) is 0 Å². The Morgan fingerprint density at radius 1 is 1.50 bits per heavy atom. The van der Waals surface area contributed by atoms with Crippen molar-refractivity contribution in [1.29, 1.82) is 0 Å². The van der Waals surface area contributed by atoms with Crippen LogP contribution in [0.5, 0.6) is 0 Å². The van der Waals surface area contributed by atoms with Gasteiger partial charge in [-0.1, -0.05) is 19.1 Å². The lowest BCUT2D eigenvalue weighted by Crippen LogP contribution is -2.44. The highest BCUT2D eigenvalue weighted by Crippen LogP contribution is 2.00. The SMILES string of the molecule is C=C(C)CN(C)C(=O)NC(CC)CC(=O)O. The molecule has 0 saturated heterocycles. The van der Waals surface area contributed by atoms with E-state index in [2.05, 4.69) is 11.9 Å². The number of nitrogens with one attached hydrogen (secondary N) is 1. The van der Waals surface area contributed by atoms with E-state index in [9.17, 15) is 9.59 Å². The normalized spacial score (nSPS) is 11.7. The number of aliphatic carboxylic acids is 1. The lowest BCUT2D eigenvalue weighted by Gasteiger charge is -2.22. The van der Waals surface area contributed by atoms with E-state index in [0.717, 1.165) is 5.57 Å². The summed E-state index contributed by atoms with van der Waals surface area (Å²) in [5.74, 6) is -0.908. The molecule has 0 aromatic carbocycles. The first-order chi connectivity index (χ1) is 7.36. The second-order valence-electron chi connectivity index (χ2n) is 3.97.